The molecule has 0 fully saturated rings. The summed E-state index contributed by atoms with van der Waals surface area (Å²) in [5, 5.41) is 4.24. The fourth-order valence-electron chi connectivity index (χ4n) is 2.34. The summed E-state index contributed by atoms with van der Waals surface area (Å²) in [5.74, 6) is 0.613. The van der Waals surface area contributed by atoms with Crippen molar-refractivity contribution in [3.05, 3.63) is 53.4 Å². The van der Waals surface area contributed by atoms with Gasteiger partial charge < -0.3 is 9.32 Å². The van der Waals surface area contributed by atoms with Gasteiger partial charge in [0, 0.05) is 18.4 Å². The second-order valence-electron chi connectivity index (χ2n) is 5.07. The van der Waals surface area contributed by atoms with Gasteiger partial charge in [0.05, 0.1) is 19.0 Å². The van der Waals surface area contributed by atoms with Gasteiger partial charge in [-0.1, -0.05) is 0 Å². The summed E-state index contributed by atoms with van der Waals surface area (Å²) < 4.78 is 6.95. The predicted molar refractivity (Wildman–Crippen MR) is 77.0 cm³/mol. The molecule has 0 aromatic carbocycles. The van der Waals surface area contributed by atoms with Gasteiger partial charge in [-0.15, -0.1) is 0 Å². The van der Waals surface area contributed by atoms with Crippen molar-refractivity contribution >= 4 is 11.6 Å². The van der Waals surface area contributed by atoms with E-state index in [0.29, 0.717) is 17.8 Å². The minimum Gasteiger partial charge on any atom is -0.467 e. The van der Waals surface area contributed by atoms with Gasteiger partial charge in [-0.05, 0) is 32.0 Å². The summed E-state index contributed by atoms with van der Waals surface area (Å²) in [4.78, 5) is 18.6. The van der Waals surface area contributed by atoms with Crippen molar-refractivity contribution in [3.8, 4) is 0 Å². The number of hydrogen-bond acceptors (Lipinski definition) is 4. The number of fused-ring (bicyclic) bond motifs is 1. The third-order valence-corrected chi connectivity index (χ3v) is 3.33. The Kier molecular flexibility index (Phi) is 3.21. The largest absolute Gasteiger partial charge is 0.467 e. The van der Waals surface area contributed by atoms with Crippen molar-refractivity contribution in [1.29, 1.82) is 0 Å². The van der Waals surface area contributed by atoms with E-state index < -0.39 is 0 Å². The Labute approximate surface area is 122 Å². The fourth-order valence-corrected chi connectivity index (χ4v) is 2.34. The minimum atomic E-state index is -0.126. The maximum absolute atomic E-state index is 12.6. The minimum absolute atomic E-state index is 0.126. The highest BCUT2D eigenvalue weighted by Gasteiger charge is 2.19. The van der Waals surface area contributed by atoms with E-state index in [4.69, 9.17) is 4.42 Å². The molecule has 0 saturated heterocycles. The normalized spacial score (nSPS) is 11.0. The Hall–Kier alpha value is -2.63. The molecule has 0 unspecified atom stereocenters. The number of carbonyl (C=O) groups is 1. The Bertz CT molecular complexity index is 789. The SMILES string of the molecule is Cc1cc(C)n2ncc(C(=O)N(C)Cc3ccco3)c2n1. The molecule has 1 amide bonds. The first-order chi connectivity index (χ1) is 10.1. The Morgan fingerprint density at radius 3 is 2.95 bits per heavy atom. The molecule has 6 nitrogen and oxygen atoms in total. The van der Waals surface area contributed by atoms with Crippen LogP contribution in [-0.2, 0) is 6.54 Å². The number of furan rings is 1. The predicted octanol–water partition coefficient (Wildman–Crippen LogP) is 2.21. The highest BCUT2D eigenvalue weighted by Crippen LogP contribution is 2.15. The summed E-state index contributed by atoms with van der Waals surface area (Å²) in [6.45, 7) is 4.25. The van der Waals surface area contributed by atoms with Crippen LogP contribution in [-0.4, -0.2) is 32.5 Å². The van der Waals surface area contributed by atoms with E-state index in [1.54, 1.807) is 35.0 Å². The molecule has 3 aromatic heterocycles. The molecule has 0 bridgehead atoms. The van der Waals surface area contributed by atoms with Crippen LogP contribution in [0.1, 0.15) is 27.5 Å². The Morgan fingerprint density at radius 2 is 2.24 bits per heavy atom. The second kappa shape index (κ2) is 5.05. The smallest absolute Gasteiger partial charge is 0.259 e. The summed E-state index contributed by atoms with van der Waals surface area (Å²) in [6.07, 6.45) is 3.16. The maximum Gasteiger partial charge on any atom is 0.259 e. The van der Waals surface area contributed by atoms with E-state index in [1.807, 2.05) is 26.0 Å². The summed E-state index contributed by atoms with van der Waals surface area (Å²) >= 11 is 0. The maximum atomic E-state index is 12.6. The summed E-state index contributed by atoms with van der Waals surface area (Å²) in [6, 6.07) is 5.57. The molecule has 3 aromatic rings. The van der Waals surface area contributed by atoms with Crippen LogP contribution in [0.25, 0.3) is 5.65 Å². The molecule has 0 atom stereocenters. The zero-order chi connectivity index (χ0) is 15.0. The van der Waals surface area contributed by atoms with Crippen molar-refractivity contribution in [2.24, 2.45) is 0 Å². The van der Waals surface area contributed by atoms with E-state index in [0.717, 1.165) is 17.1 Å². The third kappa shape index (κ3) is 2.40. The number of aromatic nitrogens is 3. The number of hydrogen-bond donors (Lipinski definition) is 0. The van der Waals surface area contributed by atoms with Crippen molar-refractivity contribution < 1.29 is 9.21 Å². The Balaban J connectivity index is 1.94. The van der Waals surface area contributed by atoms with Crippen LogP contribution in [0.2, 0.25) is 0 Å². The first kappa shape index (κ1) is 13.4. The van der Waals surface area contributed by atoms with Gasteiger partial charge in [0.2, 0.25) is 0 Å². The molecule has 21 heavy (non-hydrogen) atoms. The van der Waals surface area contributed by atoms with Crippen LogP contribution in [0.15, 0.2) is 35.1 Å². The van der Waals surface area contributed by atoms with E-state index in [2.05, 4.69) is 10.1 Å². The van der Waals surface area contributed by atoms with Crippen molar-refractivity contribution in [2.45, 2.75) is 20.4 Å². The quantitative estimate of drug-likeness (QED) is 0.739. The van der Waals surface area contributed by atoms with Gasteiger partial charge in [-0.2, -0.15) is 5.10 Å². The number of amides is 1. The van der Waals surface area contributed by atoms with Gasteiger partial charge in [-0.25, -0.2) is 9.50 Å². The van der Waals surface area contributed by atoms with Crippen LogP contribution in [0, 0.1) is 13.8 Å². The monoisotopic (exact) mass is 284 g/mol. The number of nitrogens with zero attached hydrogens (tertiary/aromatic N) is 4. The molecule has 6 heteroatoms. The standard InChI is InChI=1S/C15H16N4O2/c1-10-7-11(2)19-14(17-10)13(8-16-19)15(20)18(3)9-12-5-4-6-21-12/h4-8H,9H2,1-3H3. The molecule has 108 valence electrons. The van der Waals surface area contributed by atoms with Crippen LogP contribution in [0.3, 0.4) is 0 Å². The van der Waals surface area contributed by atoms with Crippen molar-refractivity contribution in [2.75, 3.05) is 7.05 Å². The lowest BCUT2D eigenvalue weighted by atomic mass is 10.2. The molecule has 0 aliphatic carbocycles. The molecule has 0 spiro atoms. The summed E-state index contributed by atoms with van der Waals surface area (Å²) in [5.41, 5.74) is 2.90. The third-order valence-electron chi connectivity index (χ3n) is 3.33. The van der Waals surface area contributed by atoms with E-state index in [1.165, 1.54) is 0 Å². The van der Waals surface area contributed by atoms with Crippen LogP contribution in [0.5, 0.6) is 0 Å². The van der Waals surface area contributed by atoms with Crippen LogP contribution in [0.4, 0.5) is 0 Å². The first-order valence-electron chi connectivity index (χ1n) is 6.66. The number of carbonyl (C=O) groups excluding carboxylic acids is 1. The molecule has 0 radical (unpaired) electrons. The average Bonchev–Trinajstić information content (AvgIpc) is 3.07. The zero-order valence-electron chi connectivity index (χ0n) is 12.2. The van der Waals surface area contributed by atoms with Crippen molar-refractivity contribution in [3.63, 3.8) is 0 Å². The van der Waals surface area contributed by atoms with Gasteiger partial charge in [-0.3, -0.25) is 4.79 Å². The fraction of sp³-hybridized carbons (Fsp3) is 0.267. The van der Waals surface area contributed by atoms with E-state index in [9.17, 15) is 4.79 Å². The molecule has 0 saturated carbocycles. The molecule has 0 aliphatic rings. The first-order valence-corrected chi connectivity index (χ1v) is 6.66. The molecule has 0 aliphatic heterocycles. The van der Waals surface area contributed by atoms with E-state index in [-0.39, 0.29) is 5.91 Å². The van der Waals surface area contributed by atoms with Gasteiger partial charge in [0.15, 0.2) is 5.65 Å². The Morgan fingerprint density at radius 1 is 1.43 bits per heavy atom. The highest BCUT2D eigenvalue weighted by atomic mass is 16.3. The lowest BCUT2D eigenvalue weighted by molar-refractivity contribution is 0.0777. The van der Waals surface area contributed by atoms with Crippen LogP contribution < -0.4 is 0 Å². The molecular formula is C15H16N4O2. The second-order valence-corrected chi connectivity index (χ2v) is 5.07. The van der Waals surface area contributed by atoms with Gasteiger partial charge >= 0.3 is 0 Å². The van der Waals surface area contributed by atoms with Gasteiger partial charge in [0.1, 0.15) is 11.3 Å². The number of rotatable bonds is 3. The highest BCUT2D eigenvalue weighted by molar-refractivity contribution is 5.99. The topological polar surface area (TPSA) is 63.6 Å². The lowest BCUT2D eigenvalue weighted by Crippen LogP contribution is -2.26. The summed E-state index contributed by atoms with van der Waals surface area (Å²) in [7, 11) is 1.73. The average molecular weight is 284 g/mol. The molecular weight excluding hydrogens is 268 g/mol. The molecule has 3 rings (SSSR count). The lowest BCUT2D eigenvalue weighted by Gasteiger charge is -2.14. The van der Waals surface area contributed by atoms with Crippen LogP contribution >= 0.6 is 0 Å². The molecule has 3 heterocycles. The number of aryl methyl sites for hydroxylation is 2. The zero-order valence-corrected chi connectivity index (χ0v) is 12.2. The van der Waals surface area contributed by atoms with Gasteiger partial charge in [0.25, 0.3) is 5.91 Å². The van der Waals surface area contributed by atoms with E-state index >= 15 is 0 Å². The molecule has 0 N–H and O–H groups in total. The van der Waals surface area contributed by atoms with Crippen molar-refractivity contribution in [1.82, 2.24) is 19.5 Å².